The van der Waals surface area contributed by atoms with Gasteiger partial charge in [-0.1, -0.05) is 11.6 Å². The smallest absolute Gasteiger partial charge is 0.274 e. The molecule has 3 rings (SSSR count). The molecule has 0 bridgehead atoms. The fraction of sp³-hybridized carbons (Fsp3) is 0.385. The number of thiazole rings is 1. The highest BCUT2D eigenvalue weighted by Crippen LogP contribution is 2.26. The molecule has 0 spiro atoms. The van der Waals surface area contributed by atoms with Gasteiger partial charge in [0.1, 0.15) is 5.69 Å². The van der Waals surface area contributed by atoms with Crippen LogP contribution in [-0.4, -0.2) is 22.0 Å². The van der Waals surface area contributed by atoms with Crippen molar-refractivity contribution in [1.82, 2.24) is 14.9 Å². The molecule has 0 saturated heterocycles. The van der Waals surface area contributed by atoms with Crippen LogP contribution in [0.3, 0.4) is 0 Å². The average molecular weight is 311 g/mol. The number of carbonyl (C=O) groups is 1. The van der Waals surface area contributed by atoms with Crippen molar-refractivity contribution in [3.8, 4) is 0 Å². The van der Waals surface area contributed by atoms with Gasteiger partial charge in [0, 0.05) is 37.1 Å². The minimum absolute atomic E-state index is 0.169. The van der Waals surface area contributed by atoms with Crippen LogP contribution in [0, 0.1) is 0 Å². The van der Waals surface area contributed by atoms with Gasteiger partial charge in [-0.3, -0.25) is 10.1 Å². The van der Waals surface area contributed by atoms with Gasteiger partial charge in [0.15, 0.2) is 5.13 Å². The number of anilines is 1. The van der Waals surface area contributed by atoms with Crippen molar-refractivity contribution in [1.29, 1.82) is 0 Å². The fourth-order valence-electron chi connectivity index (χ4n) is 2.27. The second-order valence-electron chi connectivity index (χ2n) is 4.60. The average Bonchev–Trinajstić information content (AvgIpc) is 3.00. The van der Waals surface area contributed by atoms with Gasteiger partial charge in [-0.25, -0.2) is 4.98 Å². The lowest BCUT2D eigenvalue weighted by atomic mass is 10.2. The topological polar surface area (TPSA) is 59.0 Å². The van der Waals surface area contributed by atoms with Crippen LogP contribution in [0.2, 0.25) is 5.02 Å². The molecule has 7 heteroatoms. The van der Waals surface area contributed by atoms with E-state index in [0.29, 0.717) is 22.4 Å². The van der Waals surface area contributed by atoms with E-state index in [1.807, 2.05) is 11.5 Å². The first kappa shape index (κ1) is 13.6. The summed E-state index contributed by atoms with van der Waals surface area (Å²) in [6.45, 7) is 4.45. The van der Waals surface area contributed by atoms with Crippen molar-refractivity contribution in [3.05, 3.63) is 33.6 Å². The van der Waals surface area contributed by atoms with Gasteiger partial charge in [0.05, 0.1) is 10.7 Å². The van der Waals surface area contributed by atoms with E-state index in [0.717, 1.165) is 25.2 Å². The normalized spacial score (nSPS) is 14.1. The highest BCUT2D eigenvalue weighted by atomic mass is 35.5. The number of aromatic nitrogens is 2. The molecule has 1 aliphatic rings. The zero-order chi connectivity index (χ0) is 14.1. The van der Waals surface area contributed by atoms with Crippen molar-refractivity contribution in [2.24, 2.45) is 0 Å². The summed E-state index contributed by atoms with van der Waals surface area (Å²) in [5, 5.41) is 7.39. The Morgan fingerprint density at radius 1 is 1.65 bits per heavy atom. The van der Waals surface area contributed by atoms with Gasteiger partial charge < -0.3 is 9.88 Å². The number of rotatable bonds is 3. The number of aryl methyl sites for hydroxylation is 1. The van der Waals surface area contributed by atoms with Crippen LogP contribution >= 0.6 is 22.9 Å². The number of hydrogen-bond donors (Lipinski definition) is 2. The first-order valence-corrected chi connectivity index (χ1v) is 7.73. The van der Waals surface area contributed by atoms with Crippen molar-refractivity contribution in [2.45, 2.75) is 26.4 Å². The highest BCUT2D eigenvalue weighted by Gasteiger charge is 2.18. The number of nitrogens with one attached hydrogen (secondary N) is 2. The summed E-state index contributed by atoms with van der Waals surface area (Å²) in [6.07, 6.45) is 2.67. The zero-order valence-electron chi connectivity index (χ0n) is 11.1. The Kier molecular flexibility index (Phi) is 3.78. The number of amides is 1. The Bertz CT molecular complexity index is 625. The quantitative estimate of drug-likeness (QED) is 0.916. The maximum absolute atomic E-state index is 12.3. The maximum Gasteiger partial charge on any atom is 0.274 e. The van der Waals surface area contributed by atoms with E-state index in [4.69, 9.17) is 11.6 Å². The number of halogens is 1. The van der Waals surface area contributed by atoms with E-state index < -0.39 is 0 Å². The number of nitrogens with zero attached hydrogens (tertiary/aromatic N) is 2. The fourth-order valence-corrected chi connectivity index (χ4v) is 3.46. The first-order chi connectivity index (χ1) is 9.67. The molecule has 0 aliphatic carbocycles. The monoisotopic (exact) mass is 310 g/mol. The Labute approximate surface area is 126 Å². The van der Waals surface area contributed by atoms with Gasteiger partial charge in [0.2, 0.25) is 0 Å². The molecule has 2 aromatic heterocycles. The van der Waals surface area contributed by atoms with Crippen LogP contribution in [0.15, 0.2) is 12.3 Å². The third kappa shape index (κ3) is 2.59. The lowest BCUT2D eigenvalue weighted by molar-refractivity contribution is 0.101. The summed E-state index contributed by atoms with van der Waals surface area (Å²) in [6, 6.07) is 1.68. The Morgan fingerprint density at radius 3 is 3.25 bits per heavy atom. The summed E-state index contributed by atoms with van der Waals surface area (Å²) in [5.41, 5.74) is 1.65. The number of carbonyl (C=O) groups excluding carboxylic acids is 1. The van der Waals surface area contributed by atoms with Crippen LogP contribution in [-0.2, 0) is 19.5 Å². The SMILES string of the molecule is CCn1cc(Cl)cc1C(=O)Nc1nc2c(s1)CNCC2. The van der Waals surface area contributed by atoms with Crippen LogP contribution in [0.25, 0.3) is 0 Å². The molecule has 0 fully saturated rings. The summed E-state index contributed by atoms with van der Waals surface area (Å²) in [5.74, 6) is -0.169. The molecule has 1 aliphatic heterocycles. The first-order valence-electron chi connectivity index (χ1n) is 6.53. The third-order valence-electron chi connectivity index (χ3n) is 3.26. The van der Waals surface area contributed by atoms with Crippen LogP contribution in [0.4, 0.5) is 5.13 Å². The molecule has 0 aromatic carbocycles. The van der Waals surface area contributed by atoms with Crippen LogP contribution in [0.5, 0.6) is 0 Å². The standard InChI is InChI=1S/C13H15ClN4OS/c1-2-18-7-8(14)5-10(18)12(19)17-13-16-9-3-4-15-6-11(9)20-13/h5,7,15H,2-4,6H2,1H3,(H,16,17,19). The molecule has 3 heterocycles. The molecular formula is C13H15ClN4OS. The van der Waals surface area contributed by atoms with E-state index in [1.54, 1.807) is 12.3 Å². The van der Waals surface area contributed by atoms with Crippen molar-refractivity contribution in [3.63, 3.8) is 0 Å². The second kappa shape index (κ2) is 5.55. The number of fused-ring (bicyclic) bond motifs is 1. The predicted molar refractivity (Wildman–Crippen MR) is 80.6 cm³/mol. The van der Waals surface area contributed by atoms with Gasteiger partial charge in [-0.2, -0.15) is 0 Å². The second-order valence-corrected chi connectivity index (χ2v) is 6.12. The largest absolute Gasteiger partial charge is 0.342 e. The van der Waals surface area contributed by atoms with Gasteiger partial charge >= 0.3 is 0 Å². The summed E-state index contributed by atoms with van der Waals surface area (Å²) in [4.78, 5) is 18.0. The minimum Gasteiger partial charge on any atom is -0.342 e. The van der Waals surface area contributed by atoms with E-state index in [9.17, 15) is 4.79 Å². The Morgan fingerprint density at radius 2 is 2.50 bits per heavy atom. The van der Waals surface area contributed by atoms with Crippen molar-refractivity contribution >= 4 is 34.0 Å². The molecule has 2 N–H and O–H groups in total. The zero-order valence-corrected chi connectivity index (χ0v) is 12.6. The molecule has 1 amide bonds. The molecule has 2 aromatic rings. The van der Waals surface area contributed by atoms with Gasteiger partial charge in [-0.15, -0.1) is 11.3 Å². The van der Waals surface area contributed by atoms with Gasteiger partial charge in [0.25, 0.3) is 5.91 Å². The molecule has 0 unspecified atom stereocenters. The summed E-state index contributed by atoms with van der Waals surface area (Å²) < 4.78 is 1.83. The molecule has 20 heavy (non-hydrogen) atoms. The molecule has 0 radical (unpaired) electrons. The highest BCUT2D eigenvalue weighted by molar-refractivity contribution is 7.15. The summed E-state index contributed by atoms with van der Waals surface area (Å²) >= 11 is 7.48. The Balaban J connectivity index is 1.80. The van der Waals surface area contributed by atoms with E-state index in [2.05, 4.69) is 15.6 Å². The summed E-state index contributed by atoms with van der Waals surface area (Å²) in [7, 11) is 0. The molecular weight excluding hydrogens is 296 g/mol. The lowest BCUT2D eigenvalue weighted by Gasteiger charge is -2.09. The van der Waals surface area contributed by atoms with E-state index in [-0.39, 0.29) is 5.91 Å². The molecule has 0 atom stereocenters. The third-order valence-corrected chi connectivity index (χ3v) is 4.48. The lowest BCUT2D eigenvalue weighted by Crippen LogP contribution is -2.22. The van der Waals surface area contributed by atoms with Crippen molar-refractivity contribution in [2.75, 3.05) is 11.9 Å². The maximum atomic E-state index is 12.3. The van der Waals surface area contributed by atoms with Crippen molar-refractivity contribution < 1.29 is 4.79 Å². The van der Waals surface area contributed by atoms with Gasteiger partial charge in [-0.05, 0) is 13.0 Å². The van der Waals surface area contributed by atoms with E-state index in [1.165, 1.54) is 16.2 Å². The van der Waals surface area contributed by atoms with E-state index >= 15 is 0 Å². The van der Waals surface area contributed by atoms with Crippen LogP contribution < -0.4 is 10.6 Å². The molecule has 5 nitrogen and oxygen atoms in total. The molecule has 0 saturated carbocycles. The molecule has 106 valence electrons. The minimum atomic E-state index is -0.169. The Hall–Kier alpha value is -1.37. The van der Waals surface area contributed by atoms with Crippen LogP contribution in [0.1, 0.15) is 28.0 Å². The predicted octanol–water partition coefficient (Wildman–Crippen LogP) is 2.52. The number of hydrogen-bond acceptors (Lipinski definition) is 4.